The maximum absolute atomic E-state index is 13.4. The van der Waals surface area contributed by atoms with E-state index in [1.54, 1.807) is 17.0 Å². The zero-order valence-electron chi connectivity index (χ0n) is 15.2. The summed E-state index contributed by atoms with van der Waals surface area (Å²) in [5, 5.41) is 0. The number of aryl methyl sites for hydroxylation is 1. The smallest absolute Gasteiger partial charge is 0.253 e. The second-order valence-corrected chi connectivity index (χ2v) is 7.30. The van der Waals surface area contributed by atoms with Crippen LogP contribution < -0.4 is 4.90 Å². The molecule has 27 heavy (non-hydrogen) atoms. The maximum atomic E-state index is 13.4. The first-order valence-corrected chi connectivity index (χ1v) is 9.57. The highest BCUT2D eigenvalue weighted by molar-refractivity contribution is 5.97. The molecule has 0 aliphatic carbocycles. The van der Waals surface area contributed by atoms with Crippen molar-refractivity contribution in [3.63, 3.8) is 0 Å². The minimum atomic E-state index is -0.408. The predicted molar refractivity (Wildman–Crippen MR) is 102 cm³/mol. The van der Waals surface area contributed by atoms with Gasteiger partial charge in [-0.25, -0.2) is 4.39 Å². The Morgan fingerprint density at radius 2 is 1.74 bits per heavy atom. The maximum Gasteiger partial charge on any atom is 0.253 e. The topological polar surface area (TPSA) is 40.6 Å². The van der Waals surface area contributed by atoms with E-state index in [2.05, 4.69) is 6.07 Å². The average molecular weight is 366 g/mol. The van der Waals surface area contributed by atoms with E-state index in [9.17, 15) is 14.0 Å². The second kappa shape index (κ2) is 7.51. The molecule has 0 bridgehead atoms. The number of piperidine rings is 1. The van der Waals surface area contributed by atoms with Gasteiger partial charge in [-0.15, -0.1) is 0 Å². The van der Waals surface area contributed by atoms with Crippen LogP contribution in [-0.2, 0) is 11.2 Å². The Kier molecular flexibility index (Phi) is 4.92. The minimum Gasteiger partial charge on any atom is -0.339 e. The largest absolute Gasteiger partial charge is 0.339 e. The Hall–Kier alpha value is -2.69. The van der Waals surface area contributed by atoms with Crippen LogP contribution >= 0.6 is 0 Å². The normalized spacial score (nSPS) is 17.5. The van der Waals surface area contributed by atoms with Crippen molar-refractivity contribution in [3.05, 3.63) is 65.5 Å². The number of para-hydroxylation sites is 1. The highest BCUT2D eigenvalue weighted by atomic mass is 19.1. The molecule has 0 atom stereocenters. The van der Waals surface area contributed by atoms with Crippen molar-refractivity contribution < 1.29 is 14.0 Å². The van der Waals surface area contributed by atoms with Crippen molar-refractivity contribution >= 4 is 17.5 Å². The first-order chi connectivity index (χ1) is 13.1. The van der Waals surface area contributed by atoms with E-state index in [0.29, 0.717) is 31.5 Å². The predicted octanol–water partition coefficient (Wildman–Crippen LogP) is 3.66. The average Bonchev–Trinajstić information content (AvgIpc) is 2.72. The van der Waals surface area contributed by atoms with Gasteiger partial charge in [-0.05, 0) is 55.5 Å². The third kappa shape index (κ3) is 3.59. The summed E-state index contributed by atoms with van der Waals surface area (Å²) >= 11 is 0. The molecule has 140 valence electrons. The van der Waals surface area contributed by atoms with Gasteiger partial charge < -0.3 is 9.80 Å². The van der Waals surface area contributed by atoms with Gasteiger partial charge in [0.2, 0.25) is 5.91 Å². The molecular weight excluding hydrogens is 343 g/mol. The van der Waals surface area contributed by atoms with E-state index < -0.39 is 5.82 Å². The van der Waals surface area contributed by atoms with E-state index in [0.717, 1.165) is 25.1 Å². The summed E-state index contributed by atoms with van der Waals surface area (Å²) in [4.78, 5) is 29.3. The van der Waals surface area contributed by atoms with Crippen LogP contribution in [0.4, 0.5) is 10.1 Å². The van der Waals surface area contributed by atoms with Crippen molar-refractivity contribution in [2.45, 2.75) is 25.7 Å². The summed E-state index contributed by atoms with van der Waals surface area (Å²) in [6.07, 6.45) is 3.30. The number of rotatable bonds is 2. The fourth-order valence-corrected chi connectivity index (χ4v) is 4.12. The molecular formula is C22H23FN2O2. The first kappa shape index (κ1) is 17.7. The number of hydrogen-bond acceptors (Lipinski definition) is 2. The number of fused-ring (bicyclic) bond motifs is 1. The van der Waals surface area contributed by atoms with Crippen molar-refractivity contribution in [1.82, 2.24) is 4.90 Å². The van der Waals surface area contributed by atoms with Crippen LogP contribution in [0.15, 0.2) is 48.5 Å². The van der Waals surface area contributed by atoms with Crippen LogP contribution in [0, 0.1) is 11.7 Å². The van der Waals surface area contributed by atoms with Gasteiger partial charge in [0.1, 0.15) is 5.82 Å². The molecule has 4 rings (SSSR count). The molecule has 0 unspecified atom stereocenters. The van der Waals surface area contributed by atoms with E-state index in [-0.39, 0.29) is 17.7 Å². The highest BCUT2D eigenvalue weighted by Gasteiger charge is 2.32. The van der Waals surface area contributed by atoms with Gasteiger partial charge in [0.15, 0.2) is 0 Å². The SMILES string of the molecule is O=C(c1cccc(F)c1)N1CCC(C(=O)N2CCCc3ccccc32)CC1. The Bertz CT molecular complexity index is 859. The zero-order chi connectivity index (χ0) is 18.8. The van der Waals surface area contributed by atoms with Gasteiger partial charge >= 0.3 is 0 Å². The Balaban J connectivity index is 1.41. The van der Waals surface area contributed by atoms with Crippen molar-refractivity contribution in [2.24, 2.45) is 5.92 Å². The summed E-state index contributed by atoms with van der Waals surface area (Å²) < 4.78 is 13.4. The summed E-state index contributed by atoms with van der Waals surface area (Å²) in [6, 6.07) is 13.9. The molecule has 0 spiro atoms. The number of hydrogen-bond donors (Lipinski definition) is 0. The number of carbonyl (C=O) groups is 2. The molecule has 4 nitrogen and oxygen atoms in total. The Morgan fingerprint density at radius 3 is 2.52 bits per heavy atom. The third-order valence-corrected chi connectivity index (χ3v) is 5.58. The molecule has 0 saturated carbocycles. The summed E-state index contributed by atoms with van der Waals surface area (Å²) in [6.45, 7) is 1.82. The number of nitrogens with zero attached hydrogens (tertiary/aromatic N) is 2. The molecule has 2 aliphatic heterocycles. The lowest BCUT2D eigenvalue weighted by Gasteiger charge is -2.36. The second-order valence-electron chi connectivity index (χ2n) is 7.30. The highest BCUT2D eigenvalue weighted by Crippen LogP contribution is 2.30. The van der Waals surface area contributed by atoms with Crippen molar-refractivity contribution in [2.75, 3.05) is 24.5 Å². The van der Waals surface area contributed by atoms with E-state index in [1.165, 1.54) is 17.7 Å². The van der Waals surface area contributed by atoms with E-state index in [4.69, 9.17) is 0 Å². The molecule has 2 aromatic rings. The standard InChI is InChI=1S/C22H23FN2O2/c23-19-8-3-6-18(15-19)21(26)24-13-10-17(11-14-24)22(27)25-12-4-7-16-5-1-2-9-20(16)25/h1-3,5-6,8-9,15,17H,4,7,10-14H2. The van der Waals surface area contributed by atoms with Crippen LogP contribution in [0.3, 0.4) is 0 Å². The number of amides is 2. The molecule has 2 heterocycles. The van der Waals surface area contributed by atoms with Gasteiger partial charge in [0.25, 0.3) is 5.91 Å². The lowest BCUT2D eigenvalue weighted by molar-refractivity contribution is -0.123. The lowest BCUT2D eigenvalue weighted by atomic mass is 9.92. The molecule has 0 aromatic heterocycles. The summed E-state index contributed by atoms with van der Waals surface area (Å²) in [5.74, 6) is -0.467. The molecule has 0 radical (unpaired) electrons. The van der Waals surface area contributed by atoms with Crippen molar-refractivity contribution in [1.29, 1.82) is 0 Å². The number of benzene rings is 2. The quantitative estimate of drug-likeness (QED) is 0.814. The number of halogens is 1. The number of carbonyl (C=O) groups excluding carboxylic acids is 2. The minimum absolute atomic E-state index is 0.0623. The zero-order valence-corrected chi connectivity index (χ0v) is 15.2. The van der Waals surface area contributed by atoms with Gasteiger partial charge in [-0.1, -0.05) is 24.3 Å². The summed E-state index contributed by atoms with van der Waals surface area (Å²) in [7, 11) is 0. The van der Waals surface area contributed by atoms with Crippen LogP contribution in [0.5, 0.6) is 0 Å². The van der Waals surface area contributed by atoms with Crippen molar-refractivity contribution in [3.8, 4) is 0 Å². The van der Waals surface area contributed by atoms with Crippen LogP contribution in [0.1, 0.15) is 35.2 Å². The number of anilines is 1. The van der Waals surface area contributed by atoms with Gasteiger partial charge in [-0.3, -0.25) is 9.59 Å². The Morgan fingerprint density at radius 1 is 0.963 bits per heavy atom. The molecule has 1 saturated heterocycles. The Labute approximate surface area is 158 Å². The fraction of sp³-hybridized carbons (Fsp3) is 0.364. The number of likely N-dealkylation sites (tertiary alicyclic amines) is 1. The molecule has 5 heteroatoms. The van der Waals surface area contributed by atoms with Gasteiger partial charge in [0.05, 0.1) is 0 Å². The third-order valence-electron chi connectivity index (χ3n) is 5.58. The van der Waals surface area contributed by atoms with Crippen LogP contribution in [-0.4, -0.2) is 36.3 Å². The van der Waals surface area contributed by atoms with E-state index in [1.807, 2.05) is 23.1 Å². The summed E-state index contributed by atoms with van der Waals surface area (Å²) in [5.41, 5.74) is 2.63. The van der Waals surface area contributed by atoms with E-state index >= 15 is 0 Å². The van der Waals surface area contributed by atoms with Crippen LogP contribution in [0.2, 0.25) is 0 Å². The molecule has 0 N–H and O–H groups in total. The molecule has 1 fully saturated rings. The lowest BCUT2D eigenvalue weighted by Crippen LogP contribution is -2.45. The van der Waals surface area contributed by atoms with Crippen LogP contribution in [0.25, 0.3) is 0 Å². The first-order valence-electron chi connectivity index (χ1n) is 9.57. The molecule has 2 amide bonds. The van der Waals surface area contributed by atoms with Gasteiger partial charge in [0, 0.05) is 36.8 Å². The molecule has 2 aliphatic rings. The fourth-order valence-electron chi connectivity index (χ4n) is 4.12. The monoisotopic (exact) mass is 366 g/mol. The van der Waals surface area contributed by atoms with Gasteiger partial charge in [-0.2, -0.15) is 0 Å². The molecule has 2 aromatic carbocycles.